The summed E-state index contributed by atoms with van der Waals surface area (Å²) in [7, 11) is 0. The predicted molar refractivity (Wildman–Crippen MR) is 288 cm³/mol. The second kappa shape index (κ2) is 55.2. The minimum absolute atomic E-state index is 0.0947. The fourth-order valence-electron chi connectivity index (χ4n) is 7.73. The van der Waals surface area contributed by atoms with E-state index in [9.17, 15) is 14.4 Å². The molecule has 6 heteroatoms. The Morgan fingerprint density at radius 2 is 0.642 bits per heavy atom. The van der Waals surface area contributed by atoms with Gasteiger partial charge < -0.3 is 14.2 Å². The van der Waals surface area contributed by atoms with E-state index in [1.54, 1.807) is 0 Å². The third-order valence-corrected chi connectivity index (χ3v) is 11.9. The number of ether oxygens (including phenoxy) is 3. The molecule has 0 heterocycles. The first kappa shape index (κ1) is 63.6. The van der Waals surface area contributed by atoms with Gasteiger partial charge in [0, 0.05) is 19.3 Å². The van der Waals surface area contributed by atoms with E-state index in [0.717, 1.165) is 116 Å². The van der Waals surface area contributed by atoms with Crippen molar-refractivity contribution in [3.63, 3.8) is 0 Å². The molecule has 1 unspecified atom stereocenters. The van der Waals surface area contributed by atoms with Crippen LogP contribution in [0.25, 0.3) is 0 Å². The monoisotopic (exact) mass is 933 g/mol. The molecule has 0 fully saturated rings. The van der Waals surface area contributed by atoms with Crippen LogP contribution in [-0.4, -0.2) is 37.2 Å². The average Bonchev–Trinajstić information content (AvgIpc) is 3.33. The van der Waals surface area contributed by atoms with Gasteiger partial charge in [-0.3, -0.25) is 14.4 Å². The van der Waals surface area contributed by atoms with Gasteiger partial charge in [-0.05, 0) is 83.5 Å². The highest BCUT2D eigenvalue weighted by Gasteiger charge is 2.19. The molecule has 0 aliphatic carbocycles. The van der Waals surface area contributed by atoms with Gasteiger partial charge in [-0.25, -0.2) is 0 Å². The number of allylic oxidation sites excluding steroid dienone is 14. The fraction of sp³-hybridized carbons (Fsp3) is 0.721. The second-order valence-corrected chi connectivity index (χ2v) is 18.5. The lowest BCUT2D eigenvalue weighted by Gasteiger charge is -2.18. The highest BCUT2D eigenvalue weighted by atomic mass is 16.6. The smallest absolute Gasteiger partial charge is 0.306 e. The summed E-state index contributed by atoms with van der Waals surface area (Å²) in [5.41, 5.74) is 0. The Morgan fingerprint density at radius 3 is 1.04 bits per heavy atom. The first-order chi connectivity index (χ1) is 33.0. The van der Waals surface area contributed by atoms with E-state index in [1.165, 1.54) is 109 Å². The Balaban J connectivity index is 4.47. The first-order valence-electron chi connectivity index (χ1n) is 28.1. The minimum Gasteiger partial charge on any atom is -0.462 e. The molecule has 0 saturated heterocycles. The lowest BCUT2D eigenvalue weighted by atomic mass is 10.0. The largest absolute Gasteiger partial charge is 0.462 e. The van der Waals surface area contributed by atoms with Crippen molar-refractivity contribution >= 4 is 17.9 Å². The molecule has 0 spiro atoms. The summed E-state index contributed by atoms with van der Waals surface area (Å²) in [6.45, 7) is 6.48. The molecule has 67 heavy (non-hydrogen) atoms. The quantitative estimate of drug-likeness (QED) is 0.0199. The van der Waals surface area contributed by atoms with Gasteiger partial charge in [0.1, 0.15) is 13.2 Å². The van der Waals surface area contributed by atoms with E-state index in [2.05, 4.69) is 106 Å². The molecule has 0 amide bonds. The lowest BCUT2D eigenvalue weighted by Crippen LogP contribution is -2.30. The van der Waals surface area contributed by atoms with Gasteiger partial charge in [-0.1, -0.05) is 247 Å². The topological polar surface area (TPSA) is 78.9 Å². The van der Waals surface area contributed by atoms with Gasteiger partial charge in [0.15, 0.2) is 6.10 Å². The van der Waals surface area contributed by atoms with Crippen LogP contribution in [-0.2, 0) is 28.6 Å². The molecule has 6 nitrogen and oxygen atoms in total. The van der Waals surface area contributed by atoms with Gasteiger partial charge in [-0.15, -0.1) is 0 Å². The summed E-state index contributed by atoms with van der Waals surface area (Å²) >= 11 is 0. The maximum absolute atomic E-state index is 12.8. The number of esters is 3. The van der Waals surface area contributed by atoms with E-state index in [4.69, 9.17) is 14.2 Å². The van der Waals surface area contributed by atoms with Crippen LogP contribution in [0.1, 0.15) is 265 Å². The van der Waals surface area contributed by atoms with Crippen LogP contribution in [0.2, 0.25) is 0 Å². The summed E-state index contributed by atoms with van der Waals surface area (Å²) in [5, 5.41) is 0. The summed E-state index contributed by atoms with van der Waals surface area (Å²) in [6.07, 6.45) is 71.4. The second-order valence-electron chi connectivity index (χ2n) is 18.5. The SMILES string of the molecule is CC/C=C\C/C=C\C/C=C\C/C=C\CCCCCC(=O)OC(COC(=O)CCCCCCC\C=C/C=C\C=C/CCCCCCC)COC(=O)CCCCCCCCCCCCCCCCC. The van der Waals surface area contributed by atoms with Crippen LogP contribution in [0.3, 0.4) is 0 Å². The zero-order valence-electron chi connectivity index (χ0n) is 43.9. The predicted octanol–water partition coefficient (Wildman–Crippen LogP) is 18.8. The zero-order valence-corrected chi connectivity index (χ0v) is 43.9. The molecule has 0 aromatic carbocycles. The Morgan fingerprint density at radius 1 is 0.328 bits per heavy atom. The summed E-state index contributed by atoms with van der Waals surface area (Å²) in [4.78, 5) is 38.1. The Bertz CT molecular complexity index is 1300. The van der Waals surface area contributed by atoms with E-state index in [-0.39, 0.29) is 37.5 Å². The zero-order chi connectivity index (χ0) is 48.6. The fourth-order valence-corrected chi connectivity index (χ4v) is 7.73. The normalized spacial score (nSPS) is 12.7. The molecule has 0 saturated carbocycles. The van der Waals surface area contributed by atoms with E-state index in [1.807, 2.05) is 0 Å². The summed E-state index contributed by atoms with van der Waals surface area (Å²) in [6, 6.07) is 0. The van der Waals surface area contributed by atoms with Crippen molar-refractivity contribution in [3.05, 3.63) is 85.1 Å². The summed E-state index contributed by atoms with van der Waals surface area (Å²) in [5.74, 6) is -0.941. The molecule has 1 atom stereocenters. The third kappa shape index (κ3) is 53.4. The minimum atomic E-state index is -0.801. The van der Waals surface area contributed by atoms with E-state index >= 15 is 0 Å². The Kier molecular flexibility index (Phi) is 52.4. The molecular formula is C61H104O6. The van der Waals surface area contributed by atoms with E-state index in [0.29, 0.717) is 12.8 Å². The molecule has 384 valence electrons. The molecule has 0 rings (SSSR count). The Labute approximate surface area is 414 Å². The van der Waals surface area contributed by atoms with Gasteiger partial charge in [0.2, 0.25) is 0 Å². The van der Waals surface area contributed by atoms with Crippen LogP contribution in [0, 0.1) is 0 Å². The van der Waals surface area contributed by atoms with Crippen LogP contribution in [0.15, 0.2) is 85.1 Å². The molecule has 0 radical (unpaired) electrons. The first-order valence-corrected chi connectivity index (χ1v) is 28.1. The van der Waals surface area contributed by atoms with Crippen molar-refractivity contribution in [2.75, 3.05) is 13.2 Å². The van der Waals surface area contributed by atoms with Gasteiger partial charge in [-0.2, -0.15) is 0 Å². The molecule has 0 N–H and O–H groups in total. The van der Waals surface area contributed by atoms with Crippen LogP contribution >= 0.6 is 0 Å². The van der Waals surface area contributed by atoms with Crippen LogP contribution in [0.5, 0.6) is 0 Å². The number of hydrogen-bond donors (Lipinski definition) is 0. The molecule has 0 aromatic rings. The van der Waals surface area contributed by atoms with Crippen molar-refractivity contribution in [3.8, 4) is 0 Å². The van der Waals surface area contributed by atoms with Gasteiger partial charge in [0.05, 0.1) is 0 Å². The van der Waals surface area contributed by atoms with Crippen molar-refractivity contribution in [2.45, 2.75) is 271 Å². The molecule has 0 aliphatic heterocycles. The van der Waals surface area contributed by atoms with Gasteiger partial charge >= 0.3 is 17.9 Å². The van der Waals surface area contributed by atoms with Crippen molar-refractivity contribution in [1.29, 1.82) is 0 Å². The maximum atomic E-state index is 12.8. The summed E-state index contributed by atoms with van der Waals surface area (Å²) < 4.78 is 16.8. The molecular weight excluding hydrogens is 829 g/mol. The third-order valence-electron chi connectivity index (χ3n) is 11.9. The molecule has 0 bridgehead atoms. The van der Waals surface area contributed by atoms with Crippen molar-refractivity contribution < 1.29 is 28.6 Å². The van der Waals surface area contributed by atoms with Crippen LogP contribution in [0.4, 0.5) is 0 Å². The van der Waals surface area contributed by atoms with Crippen LogP contribution < -0.4 is 0 Å². The van der Waals surface area contributed by atoms with E-state index < -0.39 is 6.10 Å². The standard InChI is InChI=1S/C61H104O6/c1-4-7-10-13-16-19-22-25-28-30-31-34-36-39-42-45-48-51-54-60(63)66-57-58(56-65-59(62)53-50-47-44-41-38-35-32-27-24-21-18-15-12-9-6-3)67-61(64)55-52-49-46-43-40-37-33-29-26-23-20-17-14-11-8-5-2/h8,11,17,20,22,25-26,28-31,34,37,40,58H,4-7,9-10,12-16,18-19,21,23-24,27,32-33,35-36,38-39,41-57H2,1-3H3/b11-8-,20-17-,25-22-,29-26-,30-28-,34-31-,40-37-. The highest BCUT2D eigenvalue weighted by molar-refractivity contribution is 5.71. The number of carbonyl (C=O) groups is 3. The molecule has 0 aromatic heterocycles. The number of rotatable bonds is 50. The maximum Gasteiger partial charge on any atom is 0.306 e. The number of carbonyl (C=O) groups excluding carboxylic acids is 3. The molecule has 0 aliphatic rings. The lowest BCUT2D eigenvalue weighted by molar-refractivity contribution is -0.167. The average molecular weight is 933 g/mol. The highest BCUT2D eigenvalue weighted by Crippen LogP contribution is 2.15. The number of hydrogen-bond acceptors (Lipinski definition) is 6. The Hall–Kier alpha value is -3.41. The van der Waals surface area contributed by atoms with Crippen molar-refractivity contribution in [2.24, 2.45) is 0 Å². The number of unbranched alkanes of at least 4 members (excludes halogenated alkanes) is 27. The van der Waals surface area contributed by atoms with Crippen molar-refractivity contribution in [1.82, 2.24) is 0 Å². The van der Waals surface area contributed by atoms with Gasteiger partial charge in [0.25, 0.3) is 0 Å².